The standard InChI is InChI=1S/C14H17FN2O3/c15-11-2-1-3-12(11)17-14(20)16-8-9-4-6-10(7-5-9)13(18)19/h4-7,11-12H,1-3,8H2,(H,18,19)(H2,16,17,20)/t11-,12+/m0/s1. The molecular formula is C14H17FN2O3. The van der Waals surface area contributed by atoms with E-state index in [4.69, 9.17) is 5.11 Å². The Bertz CT molecular complexity index is 490. The fraction of sp³-hybridized carbons (Fsp3) is 0.429. The number of aromatic carboxylic acids is 1. The van der Waals surface area contributed by atoms with E-state index in [-0.39, 0.29) is 12.1 Å². The summed E-state index contributed by atoms with van der Waals surface area (Å²) >= 11 is 0. The molecule has 0 aromatic heterocycles. The number of amides is 2. The zero-order valence-corrected chi connectivity index (χ0v) is 10.9. The Balaban J connectivity index is 1.79. The molecule has 1 fully saturated rings. The van der Waals surface area contributed by atoms with Crippen LogP contribution in [0.2, 0.25) is 0 Å². The van der Waals surface area contributed by atoms with Gasteiger partial charge in [0, 0.05) is 6.54 Å². The molecule has 2 atom stereocenters. The second kappa shape index (κ2) is 6.36. The number of alkyl halides is 1. The van der Waals surface area contributed by atoms with Gasteiger partial charge < -0.3 is 15.7 Å². The second-order valence-corrected chi connectivity index (χ2v) is 4.88. The fourth-order valence-corrected chi connectivity index (χ4v) is 2.24. The van der Waals surface area contributed by atoms with Crippen LogP contribution in [0.4, 0.5) is 9.18 Å². The molecule has 5 nitrogen and oxygen atoms in total. The highest BCUT2D eigenvalue weighted by molar-refractivity contribution is 5.87. The first-order chi connectivity index (χ1) is 9.56. The molecule has 0 heterocycles. The molecule has 1 aromatic rings. The number of carboxylic acid groups (broad SMARTS) is 1. The molecule has 0 radical (unpaired) electrons. The van der Waals surface area contributed by atoms with Crippen molar-refractivity contribution in [3.63, 3.8) is 0 Å². The van der Waals surface area contributed by atoms with Gasteiger partial charge in [0.15, 0.2) is 0 Å². The number of urea groups is 1. The summed E-state index contributed by atoms with van der Waals surface area (Å²) in [6.07, 6.45) is 1.00. The Morgan fingerprint density at radius 2 is 1.95 bits per heavy atom. The quantitative estimate of drug-likeness (QED) is 0.790. The largest absolute Gasteiger partial charge is 0.478 e. The minimum Gasteiger partial charge on any atom is -0.478 e. The number of nitrogens with one attached hydrogen (secondary N) is 2. The SMILES string of the molecule is O=C(NCc1ccc(C(=O)O)cc1)N[C@@H]1CCC[C@@H]1F. The molecule has 20 heavy (non-hydrogen) atoms. The summed E-state index contributed by atoms with van der Waals surface area (Å²) in [6, 6.07) is 5.43. The van der Waals surface area contributed by atoms with Crippen molar-refractivity contribution in [2.45, 2.75) is 38.0 Å². The summed E-state index contributed by atoms with van der Waals surface area (Å²) in [7, 11) is 0. The average Bonchev–Trinajstić information content (AvgIpc) is 2.82. The van der Waals surface area contributed by atoms with Crippen LogP contribution in [0.1, 0.15) is 35.2 Å². The van der Waals surface area contributed by atoms with Crippen molar-refractivity contribution >= 4 is 12.0 Å². The molecule has 0 unspecified atom stereocenters. The summed E-state index contributed by atoms with van der Waals surface area (Å²) in [6.45, 7) is 0.273. The van der Waals surface area contributed by atoms with E-state index < -0.39 is 24.2 Å². The molecule has 3 N–H and O–H groups in total. The lowest BCUT2D eigenvalue weighted by Gasteiger charge is -2.15. The van der Waals surface area contributed by atoms with E-state index in [0.717, 1.165) is 12.0 Å². The summed E-state index contributed by atoms with van der Waals surface area (Å²) in [5, 5.41) is 14.0. The van der Waals surface area contributed by atoms with Gasteiger partial charge in [-0.2, -0.15) is 0 Å². The maximum absolute atomic E-state index is 13.3. The zero-order valence-electron chi connectivity index (χ0n) is 10.9. The van der Waals surface area contributed by atoms with Crippen LogP contribution >= 0.6 is 0 Å². The van der Waals surface area contributed by atoms with E-state index in [9.17, 15) is 14.0 Å². The molecule has 1 aliphatic carbocycles. The minimum atomic E-state index is -0.988. The molecule has 108 valence electrons. The van der Waals surface area contributed by atoms with Gasteiger partial charge in [-0.05, 0) is 37.0 Å². The zero-order chi connectivity index (χ0) is 14.5. The van der Waals surface area contributed by atoms with E-state index in [1.165, 1.54) is 12.1 Å². The van der Waals surface area contributed by atoms with Gasteiger partial charge in [0.25, 0.3) is 0 Å². The minimum absolute atomic E-state index is 0.199. The van der Waals surface area contributed by atoms with Crippen LogP contribution in [0, 0.1) is 0 Å². The van der Waals surface area contributed by atoms with Gasteiger partial charge in [0.1, 0.15) is 6.17 Å². The van der Waals surface area contributed by atoms with E-state index >= 15 is 0 Å². The summed E-state index contributed by atoms with van der Waals surface area (Å²) in [5.41, 5.74) is 0.984. The van der Waals surface area contributed by atoms with Crippen molar-refractivity contribution < 1.29 is 19.1 Å². The van der Waals surface area contributed by atoms with Gasteiger partial charge in [0.2, 0.25) is 0 Å². The highest BCUT2D eigenvalue weighted by Gasteiger charge is 2.27. The van der Waals surface area contributed by atoms with Gasteiger partial charge in [-0.3, -0.25) is 0 Å². The molecule has 0 aliphatic heterocycles. The molecule has 0 spiro atoms. The molecule has 1 aliphatic rings. The number of benzene rings is 1. The van der Waals surface area contributed by atoms with E-state index in [1.807, 2.05) is 0 Å². The van der Waals surface area contributed by atoms with E-state index in [2.05, 4.69) is 10.6 Å². The lowest BCUT2D eigenvalue weighted by molar-refractivity contribution is 0.0697. The highest BCUT2D eigenvalue weighted by atomic mass is 19.1. The Morgan fingerprint density at radius 1 is 1.25 bits per heavy atom. The monoisotopic (exact) mass is 280 g/mol. The summed E-state index contributed by atoms with van der Waals surface area (Å²) in [4.78, 5) is 22.3. The van der Waals surface area contributed by atoms with Crippen LogP contribution in [0.5, 0.6) is 0 Å². The van der Waals surface area contributed by atoms with Crippen molar-refractivity contribution in [2.75, 3.05) is 0 Å². The van der Waals surface area contributed by atoms with Crippen LogP contribution in [0.3, 0.4) is 0 Å². The lowest BCUT2D eigenvalue weighted by atomic mass is 10.1. The van der Waals surface area contributed by atoms with Gasteiger partial charge in [-0.1, -0.05) is 12.1 Å². The molecule has 1 saturated carbocycles. The molecule has 2 rings (SSSR count). The third-order valence-electron chi connectivity index (χ3n) is 3.40. The molecule has 0 saturated heterocycles. The predicted molar refractivity (Wildman–Crippen MR) is 71.3 cm³/mol. The molecule has 6 heteroatoms. The van der Waals surface area contributed by atoms with Gasteiger partial charge in [0.05, 0.1) is 11.6 Å². The summed E-state index contributed by atoms with van der Waals surface area (Å²) in [5.74, 6) is -0.988. The van der Waals surface area contributed by atoms with Gasteiger partial charge >= 0.3 is 12.0 Å². The number of hydrogen-bond acceptors (Lipinski definition) is 2. The maximum Gasteiger partial charge on any atom is 0.335 e. The van der Waals surface area contributed by atoms with Gasteiger partial charge in [-0.25, -0.2) is 14.0 Å². The number of carbonyl (C=O) groups excluding carboxylic acids is 1. The van der Waals surface area contributed by atoms with Crippen LogP contribution in [0.15, 0.2) is 24.3 Å². The van der Waals surface area contributed by atoms with Crippen LogP contribution in [-0.2, 0) is 6.54 Å². The Morgan fingerprint density at radius 3 is 2.50 bits per heavy atom. The third kappa shape index (κ3) is 3.69. The Labute approximate surface area is 116 Å². The predicted octanol–water partition coefficient (Wildman–Crippen LogP) is 2.07. The Kier molecular flexibility index (Phi) is 4.55. The third-order valence-corrected chi connectivity index (χ3v) is 3.40. The van der Waals surface area contributed by atoms with Crippen molar-refractivity contribution in [2.24, 2.45) is 0 Å². The molecular weight excluding hydrogens is 263 g/mol. The van der Waals surface area contributed by atoms with Crippen LogP contribution in [-0.4, -0.2) is 29.3 Å². The van der Waals surface area contributed by atoms with Crippen molar-refractivity contribution in [3.05, 3.63) is 35.4 Å². The average molecular weight is 280 g/mol. The van der Waals surface area contributed by atoms with E-state index in [1.54, 1.807) is 12.1 Å². The topological polar surface area (TPSA) is 78.4 Å². The fourth-order valence-electron chi connectivity index (χ4n) is 2.24. The normalized spacial score (nSPS) is 21.4. The maximum atomic E-state index is 13.3. The first-order valence-corrected chi connectivity index (χ1v) is 6.57. The number of carboxylic acids is 1. The smallest absolute Gasteiger partial charge is 0.335 e. The number of halogens is 1. The Hall–Kier alpha value is -2.11. The second-order valence-electron chi connectivity index (χ2n) is 4.88. The van der Waals surface area contributed by atoms with Crippen molar-refractivity contribution in [3.8, 4) is 0 Å². The van der Waals surface area contributed by atoms with Crippen molar-refractivity contribution in [1.82, 2.24) is 10.6 Å². The van der Waals surface area contributed by atoms with E-state index in [0.29, 0.717) is 12.8 Å². The summed E-state index contributed by atoms with van der Waals surface area (Å²) < 4.78 is 13.3. The molecule has 1 aromatic carbocycles. The first kappa shape index (κ1) is 14.3. The number of carbonyl (C=O) groups is 2. The molecule has 0 bridgehead atoms. The lowest BCUT2D eigenvalue weighted by Crippen LogP contribution is -2.44. The highest BCUT2D eigenvalue weighted by Crippen LogP contribution is 2.21. The number of rotatable bonds is 4. The molecule has 2 amide bonds. The van der Waals surface area contributed by atoms with Crippen molar-refractivity contribution in [1.29, 1.82) is 0 Å². The van der Waals surface area contributed by atoms with Crippen LogP contribution in [0.25, 0.3) is 0 Å². The van der Waals surface area contributed by atoms with Gasteiger partial charge in [-0.15, -0.1) is 0 Å². The van der Waals surface area contributed by atoms with Crippen LogP contribution < -0.4 is 10.6 Å². The number of hydrogen-bond donors (Lipinski definition) is 3. The first-order valence-electron chi connectivity index (χ1n) is 6.57.